The summed E-state index contributed by atoms with van der Waals surface area (Å²) >= 11 is 0. The maximum absolute atomic E-state index is 5.85. The van der Waals surface area contributed by atoms with Gasteiger partial charge in [-0.3, -0.25) is 4.99 Å². The zero-order valence-electron chi connectivity index (χ0n) is 13.6. The van der Waals surface area contributed by atoms with Crippen LogP contribution in [0, 0.1) is 5.92 Å². The summed E-state index contributed by atoms with van der Waals surface area (Å²) in [6.07, 6.45) is 0. The van der Waals surface area contributed by atoms with Crippen LogP contribution in [0.3, 0.4) is 0 Å². The Labute approximate surface area is 149 Å². The van der Waals surface area contributed by atoms with Gasteiger partial charge in [-0.1, -0.05) is 13.8 Å². The lowest BCUT2D eigenvalue weighted by atomic mass is 10.2. The molecule has 0 radical (unpaired) electrons. The topological polar surface area (TPSA) is 78.1 Å². The highest BCUT2D eigenvalue weighted by atomic mass is 127. The van der Waals surface area contributed by atoms with Crippen LogP contribution in [0.4, 0.5) is 5.69 Å². The van der Waals surface area contributed by atoms with Crippen molar-refractivity contribution in [2.45, 2.75) is 13.8 Å². The molecule has 0 fully saturated rings. The maximum Gasteiger partial charge on any atom is 0.193 e. The average Bonchev–Trinajstić information content (AvgIpc) is 2.46. The van der Waals surface area contributed by atoms with E-state index in [9.17, 15) is 0 Å². The van der Waals surface area contributed by atoms with Gasteiger partial charge in [0.2, 0.25) is 0 Å². The van der Waals surface area contributed by atoms with Gasteiger partial charge in [0, 0.05) is 12.7 Å². The van der Waals surface area contributed by atoms with E-state index in [4.69, 9.17) is 19.9 Å². The highest BCUT2D eigenvalue weighted by Gasteiger charge is 2.05. The van der Waals surface area contributed by atoms with Crippen molar-refractivity contribution >= 4 is 35.6 Å². The van der Waals surface area contributed by atoms with Crippen LogP contribution in [0.1, 0.15) is 13.8 Å². The molecule has 0 atom stereocenters. The Morgan fingerprint density at radius 2 is 2.00 bits per heavy atom. The number of benzene rings is 1. The molecule has 1 aromatic rings. The van der Waals surface area contributed by atoms with Gasteiger partial charge in [0.05, 0.1) is 33.1 Å². The van der Waals surface area contributed by atoms with Crippen LogP contribution in [0.5, 0.6) is 11.5 Å². The van der Waals surface area contributed by atoms with Crippen LogP contribution in [-0.2, 0) is 4.74 Å². The Bertz CT molecular complexity index is 467. The second-order valence-corrected chi connectivity index (χ2v) is 4.93. The van der Waals surface area contributed by atoms with E-state index in [1.807, 2.05) is 6.07 Å². The third-order valence-electron chi connectivity index (χ3n) is 2.64. The van der Waals surface area contributed by atoms with Crippen molar-refractivity contribution in [3.8, 4) is 11.5 Å². The van der Waals surface area contributed by atoms with E-state index >= 15 is 0 Å². The average molecular weight is 423 g/mol. The lowest BCUT2D eigenvalue weighted by molar-refractivity contribution is 0.117. The number of hydrogen-bond donors (Lipinski definition) is 2. The molecule has 0 saturated heterocycles. The summed E-state index contributed by atoms with van der Waals surface area (Å²) in [5.74, 6) is 2.22. The summed E-state index contributed by atoms with van der Waals surface area (Å²) < 4.78 is 15.9. The summed E-state index contributed by atoms with van der Waals surface area (Å²) in [5.41, 5.74) is 6.56. The molecule has 0 aliphatic carbocycles. The lowest BCUT2D eigenvalue weighted by Crippen LogP contribution is -2.23. The summed E-state index contributed by atoms with van der Waals surface area (Å²) in [6.45, 7) is 6.00. The molecule has 0 amide bonds. The minimum Gasteiger partial charge on any atom is -0.497 e. The monoisotopic (exact) mass is 423 g/mol. The fourth-order valence-corrected chi connectivity index (χ4v) is 1.64. The highest BCUT2D eigenvalue weighted by Crippen LogP contribution is 2.28. The SMILES string of the molecule is COc1ccc(OC)c(NC(N)=NCCOCC(C)C)c1.I. The van der Waals surface area contributed by atoms with Gasteiger partial charge in [-0.25, -0.2) is 0 Å². The second kappa shape index (κ2) is 11.4. The van der Waals surface area contributed by atoms with Gasteiger partial charge in [0.25, 0.3) is 0 Å². The number of halogens is 1. The molecule has 7 heteroatoms. The third kappa shape index (κ3) is 7.69. The third-order valence-corrected chi connectivity index (χ3v) is 2.64. The summed E-state index contributed by atoms with van der Waals surface area (Å²) in [4.78, 5) is 4.21. The standard InChI is InChI=1S/C15H25N3O3.HI/c1-11(2)10-21-8-7-17-15(16)18-13-9-12(19-3)5-6-14(13)20-4;/h5-6,9,11H,7-8,10H2,1-4H3,(H3,16,17,18);1H. The van der Waals surface area contributed by atoms with E-state index in [0.29, 0.717) is 42.2 Å². The number of guanidine groups is 1. The fourth-order valence-electron chi connectivity index (χ4n) is 1.64. The zero-order valence-corrected chi connectivity index (χ0v) is 15.9. The zero-order chi connectivity index (χ0) is 15.7. The van der Waals surface area contributed by atoms with E-state index in [0.717, 1.165) is 6.61 Å². The maximum atomic E-state index is 5.85. The number of hydrogen-bond acceptors (Lipinski definition) is 4. The summed E-state index contributed by atoms with van der Waals surface area (Å²) in [5, 5.41) is 3.00. The Kier molecular flexibility index (Phi) is 10.7. The molecule has 126 valence electrons. The van der Waals surface area contributed by atoms with E-state index in [-0.39, 0.29) is 24.0 Å². The van der Waals surface area contributed by atoms with Crippen molar-refractivity contribution < 1.29 is 14.2 Å². The molecule has 0 aliphatic rings. The van der Waals surface area contributed by atoms with Crippen molar-refractivity contribution in [3.05, 3.63) is 18.2 Å². The quantitative estimate of drug-likeness (QED) is 0.291. The van der Waals surface area contributed by atoms with Crippen LogP contribution in [0.2, 0.25) is 0 Å². The number of ether oxygens (including phenoxy) is 3. The predicted octanol–water partition coefficient (Wildman–Crippen LogP) is 2.72. The molecule has 6 nitrogen and oxygen atoms in total. The Morgan fingerprint density at radius 1 is 1.27 bits per heavy atom. The predicted molar refractivity (Wildman–Crippen MR) is 101 cm³/mol. The molecule has 0 spiro atoms. The lowest BCUT2D eigenvalue weighted by Gasteiger charge is -2.12. The molecule has 0 unspecified atom stereocenters. The number of nitrogens with zero attached hydrogens (tertiary/aromatic N) is 1. The van der Waals surface area contributed by atoms with Crippen molar-refractivity contribution in [2.75, 3.05) is 39.3 Å². The Hall–Kier alpha value is -1.22. The first-order valence-corrected chi connectivity index (χ1v) is 6.93. The molecule has 22 heavy (non-hydrogen) atoms. The number of methoxy groups -OCH3 is 2. The van der Waals surface area contributed by atoms with Gasteiger partial charge < -0.3 is 25.3 Å². The first-order valence-electron chi connectivity index (χ1n) is 6.93. The molecule has 0 aromatic heterocycles. The van der Waals surface area contributed by atoms with Crippen molar-refractivity contribution in [2.24, 2.45) is 16.6 Å². The Balaban J connectivity index is 0.00000441. The van der Waals surface area contributed by atoms with Crippen molar-refractivity contribution in [1.82, 2.24) is 0 Å². The van der Waals surface area contributed by atoms with Gasteiger partial charge in [-0.15, -0.1) is 24.0 Å². The number of anilines is 1. The van der Waals surface area contributed by atoms with Gasteiger partial charge in [-0.05, 0) is 18.1 Å². The Morgan fingerprint density at radius 3 is 2.59 bits per heavy atom. The van der Waals surface area contributed by atoms with E-state index in [1.165, 1.54) is 0 Å². The van der Waals surface area contributed by atoms with Crippen LogP contribution >= 0.6 is 24.0 Å². The van der Waals surface area contributed by atoms with Crippen molar-refractivity contribution in [3.63, 3.8) is 0 Å². The number of aliphatic imine (C=N–C) groups is 1. The number of rotatable bonds is 8. The normalized spacial score (nSPS) is 11.0. The summed E-state index contributed by atoms with van der Waals surface area (Å²) in [7, 11) is 3.20. The molecular weight excluding hydrogens is 397 g/mol. The van der Waals surface area contributed by atoms with Gasteiger partial charge in [0.15, 0.2) is 5.96 Å². The van der Waals surface area contributed by atoms with E-state index in [1.54, 1.807) is 26.4 Å². The van der Waals surface area contributed by atoms with Gasteiger partial charge in [-0.2, -0.15) is 0 Å². The number of nitrogens with one attached hydrogen (secondary N) is 1. The molecule has 0 aliphatic heterocycles. The molecule has 0 heterocycles. The first kappa shape index (κ1) is 20.8. The fraction of sp³-hybridized carbons (Fsp3) is 0.533. The molecular formula is C15H26IN3O3. The van der Waals surface area contributed by atoms with Gasteiger partial charge >= 0.3 is 0 Å². The van der Waals surface area contributed by atoms with Crippen LogP contribution < -0.4 is 20.5 Å². The molecule has 0 saturated carbocycles. The van der Waals surface area contributed by atoms with Gasteiger partial charge in [0.1, 0.15) is 11.5 Å². The van der Waals surface area contributed by atoms with Crippen LogP contribution in [-0.4, -0.2) is 39.9 Å². The van der Waals surface area contributed by atoms with Crippen LogP contribution in [0.25, 0.3) is 0 Å². The smallest absolute Gasteiger partial charge is 0.193 e. The minimum absolute atomic E-state index is 0. The minimum atomic E-state index is 0. The summed E-state index contributed by atoms with van der Waals surface area (Å²) in [6, 6.07) is 5.42. The van der Waals surface area contributed by atoms with E-state index < -0.39 is 0 Å². The molecule has 3 N–H and O–H groups in total. The highest BCUT2D eigenvalue weighted by molar-refractivity contribution is 14.0. The second-order valence-electron chi connectivity index (χ2n) is 4.93. The molecule has 1 rings (SSSR count). The van der Waals surface area contributed by atoms with Crippen molar-refractivity contribution in [1.29, 1.82) is 0 Å². The number of nitrogens with two attached hydrogens (primary N) is 1. The first-order chi connectivity index (χ1) is 10.1. The largest absolute Gasteiger partial charge is 0.497 e. The van der Waals surface area contributed by atoms with Crippen LogP contribution in [0.15, 0.2) is 23.2 Å². The molecule has 1 aromatic carbocycles. The van der Waals surface area contributed by atoms with E-state index in [2.05, 4.69) is 24.2 Å². The molecule has 0 bridgehead atoms.